The Morgan fingerprint density at radius 1 is 1.06 bits per heavy atom. The number of benzene rings is 2. The summed E-state index contributed by atoms with van der Waals surface area (Å²) in [5.41, 5.74) is 3.50. The second kappa shape index (κ2) is 9.26. The molecule has 0 atom stereocenters. The Balaban J connectivity index is 1.51. The molecular weight excluding hydrogens is 390 g/mol. The van der Waals surface area contributed by atoms with Crippen molar-refractivity contribution in [3.8, 4) is 5.75 Å². The van der Waals surface area contributed by atoms with E-state index >= 15 is 0 Å². The summed E-state index contributed by atoms with van der Waals surface area (Å²) >= 11 is 0. The average Bonchev–Trinajstić information content (AvgIpc) is 3.23. The number of ether oxygens (including phenoxy) is 1. The van der Waals surface area contributed by atoms with E-state index < -0.39 is 0 Å². The number of aromatic nitrogens is 5. The highest BCUT2D eigenvalue weighted by molar-refractivity contribution is 6.01. The van der Waals surface area contributed by atoms with E-state index in [2.05, 4.69) is 53.2 Å². The molecule has 0 bridgehead atoms. The summed E-state index contributed by atoms with van der Waals surface area (Å²) in [7, 11) is 0. The third kappa shape index (κ3) is 4.59. The highest BCUT2D eigenvalue weighted by Gasteiger charge is 2.13. The smallest absolute Gasteiger partial charge is 0.227 e. The molecule has 1 N–H and O–H groups in total. The molecule has 31 heavy (non-hydrogen) atoms. The minimum absolute atomic E-state index is 0.191. The lowest BCUT2D eigenvalue weighted by Crippen LogP contribution is -2.27. The number of nitrogens with zero attached hydrogens (tertiary/aromatic N) is 6. The van der Waals surface area contributed by atoms with Crippen molar-refractivity contribution in [2.45, 2.75) is 33.7 Å². The molecule has 0 amide bonds. The van der Waals surface area contributed by atoms with E-state index in [0.29, 0.717) is 12.6 Å². The van der Waals surface area contributed by atoms with Gasteiger partial charge in [0.15, 0.2) is 0 Å². The van der Waals surface area contributed by atoms with Gasteiger partial charge in [-0.1, -0.05) is 19.1 Å². The van der Waals surface area contributed by atoms with Crippen LogP contribution in [-0.2, 0) is 0 Å². The maximum absolute atomic E-state index is 5.86. The lowest BCUT2D eigenvalue weighted by molar-refractivity contribution is 0.223. The van der Waals surface area contributed by atoms with Gasteiger partial charge in [0.05, 0.1) is 0 Å². The van der Waals surface area contributed by atoms with Gasteiger partial charge in [-0.15, -0.1) is 5.10 Å². The maximum atomic E-state index is 5.86. The Bertz CT molecular complexity index is 1150. The van der Waals surface area contributed by atoms with Crippen LogP contribution in [-0.4, -0.2) is 56.1 Å². The SMILES string of the molecule is CCN(CC)CCOc1ccc(Nc2ncc3ccc4nnn(C(C)C)c4c3n2)cc1. The molecule has 4 aromatic rings. The third-order valence-electron chi connectivity index (χ3n) is 5.35. The molecule has 0 saturated heterocycles. The molecule has 2 heterocycles. The monoisotopic (exact) mass is 419 g/mol. The first-order valence-corrected chi connectivity index (χ1v) is 10.8. The molecule has 8 nitrogen and oxygen atoms in total. The second-order valence-electron chi connectivity index (χ2n) is 7.72. The number of likely N-dealkylation sites (N-methyl/N-ethyl adjacent to an activating group) is 1. The maximum Gasteiger partial charge on any atom is 0.227 e. The zero-order valence-electron chi connectivity index (χ0n) is 18.5. The van der Waals surface area contributed by atoms with Crippen LogP contribution in [0.1, 0.15) is 33.7 Å². The Morgan fingerprint density at radius 2 is 1.84 bits per heavy atom. The van der Waals surface area contributed by atoms with Gasteiger partial charge in [-0.05, 0) is 63.3 Å². The minimum atomic E-state index is 0.191. The lowest BCUT2D eigenvalue weighted by atomic mass is 10.2. The molecule has 0 saturated carbocycles. The molecule has 0 aliphatic rings. The van der Waals surface area contributed by atoms with E-state index in [1.54, 1.807) is 0 Å². The predicted octanol–water partition coefficient (Wildman–Crippen LogP) is 4.42. The van der Waals surface area contributed by atoms with E-state index in [1.165, 1.54) is 0 Å². The fraction of sp³-hybridized carbons (Fsp3) is 0.391. The number of hydrogen-bond donors (Lipinski definition) is 1. The van der Waals surface area contributed by atoms with Crippen LogP contribution >= 0.6 is 0 Å². The molecule has 2 aromatic heterocycles. The van der Waals surface area contributed by atoms with Crippen molar-refractivity contribution in [3.05, 3.63) is 42.6 Å². The number of anilines is 2. The van der Waals surface area contributed by atoms with Crippen molar-refractivity contribution in [1.29, 1.82) is 0 Å². The zero-order chi connectivity index (χ0) is 21.8. The van der Waals surface area contributed by atoms with Crippen LogP contribution < -0.4 is 10.1 Å². The largest absolute Gasteiger partial charge is 0.492 e. The van der Waals surface area contributed by atoms with Crippen LogP contribution in [0.3, 0.4) is 0 Å². The van der Waals surface area contributed by atoms with Crippen LogP contribution in [0.4, 0.5) is 11.6 Å². The summed E-state index contributed by atoms with van der Waals surface area (Å²) in [6, 6.07) is 12.0. The fourth-order valence-electron chi connectivity index (χ4n) is 3.54. The third-order valence-corrected chi connectivity index (χ3v) is 5.35. The van der Waals surface area contributed by atoms with Gasteiger partial charge in [-0.25, -0.2) is 14.6 Å². The van der Waals surface area contributed by atoms with Gasteiger partial charge in [-0.2, -0.15) is 0 Å². The standard InChI is InChI=1S/C23H29N7O/c1-5-29(6-2)13-14-31-19-10-8-18(9-11-19)25-23-24-15-17-7-12-20-22(21(17)26-23)30(16(3)4)28-27-20/h7-12,15-16H,5-6,13-14H2,1-4H3,(H,24,25,26). The summed E-state index contributed by atoms with van der Waals surface area (Å²) in [5.74, 6) is 1.39. The van der Waals surface area contributed by atoms with Crippen molar-refractivity contribution in [1.82, 2.24) is 29.9 Å². The van der Waals surface area contributed by atoms with Gasteiger partial charge in [0.2, 0.25) is 5.95 Å². The fourth-order valence-corrected chi connectivity index (χ4v) is 3.54. The molecule has 4 rings (SSSR count). The van der Waals surface area contributed by atoms with Crippen LogP contribution in [0.5, 0.6) is 5.75 Å². The summed E-state index contributed by atoms with van der Waals surface area (Å²) in [6.45, 7) is 12.2. The van der Waals surface area contributed by atoms with Gasteiger partial charge in [0.1, 0.15) is 28.9 Å². The first-order chi connectivity index (χ1) is 15.1. The molecular formula is C23H29N7O. The van der Waals surface area contributed by atoms with Crippen LogP contribution in [0.25, 0.3) is 21.9 Å². The van der Waals surface area contributed by atoms with Crippen molar-refractivity contribution >= 4 is 33.6 Å². The van der Waals surface area contributed by atoms with Gasteiger partial charge in [0.25, 0.3) is 0 Å². The molecule has 0 radical (unpaired) electrons. The molecule has 0 aliphatic carbocycles. The van der Waals surface area contributed by atoms with Crippen LogP contribution in [0.2, 0.25) is 0 Å². The van der Waals surface area contributed by atoms with Gasteiger partial charge >= 0.3 is 0 Å². The van der Waals surface area contributed by atoms with Gasteiger partial charge in [0, 0.05) is 29.9 Å². The molecule has 162 valence electrons. The summed E-state index contributed by atoms with van der Waals surface area (Å²) < 4.78 is 7.76. The molecule has 0 unspecified atom stereocenters. The molecule has 0 fully saturated rings. The Labute approximate surface area is 182 Å². The summed E-state index contributed by atoms with van der Waals surface area (Å²) in [4.78, 5) is 11.6. The van der Waals surface area contributed by atoms with Crippen molar-refractivity contribution in [2.24, 2.45) is 0 Å². The van der Waals surface area contributed by atoms with E-state index in [1.807, 2.05) is 47.3 Å². The Hall–Kier alpha value is -3.26. The normalized spacial score (nSPS) is 11.7. The molecule has 2 aromatic carbocycles. The quantitative estimate of drug-likeness (QED) is 0.430. The average molecular weight is 420 g/mol. The number of fused-ring (bicyclic) bond motifs is 3. The van der Waals surface area contributed by atoms with Gasteiger partial charge in [-0.3, -0.25) is 0 Å². The first kappa shape index (κ1) is 21.0. The van der Waals surface area contributed by atoms with Crippen molar-refractivity contribution in [3.63, 3.8) is 0 Å². The molecule has 0 spiro atoms. The number of rotatable bonds is 9. The van der Waals surface area contributed by atoms with E-state index in [0.717, 1.165) is 53.0 Å². The van der Waals surface area contributed by atoms with E-state index in [-0.39, 0.29) is 6.04 Å². The van der Waals surface area contributed by atoms with Crippen molar-refractivity contribution < 1.29 is 4.74 Å². The first-order valence-electron chi connectivity index (χ1n) is 10.8. The minimum Gasteiger partial charge on any atom is -0.492 e. The van der Waals surface area contributed by atoms with E-state index in [9.17, 15) is 0 Å². The van der Waals surface area contributed by atoms with E-state index in [4.69, 9.17) is 9.72 Å². The van der Waals surface area contributed by atoms with Crippen LogP contribution in [0, 0.1) is 0 Å². The summed E-state index contributed by atoms with van der Waals surface area (Å²) in [6.07, 6.45) is 1.83. The number of nitrogens with one attached hydrogen (secondary N) is 1. The summed E-state index contributed by atoms with van der Waals surface area (Å²) in [5, 5.41) is 12.8. The Kier molecular flexibility index (Phi) is 6.27. The highest BCUT2D eigenvalue weighted by Crippen LogP contribution is 2.26. The highest BCUT2D eigenvalue weighted by atomic mass is 16.5. The molecule has 8 heteroatoms. The number of hydrogen-bond acceptors (Lipinski definition) is 7. The van der Waals surface area contributed by atoms with Crippen molar-refractivity contribution in [2.75, 3.05) is 31.6 Å². The predicted molar refractivity (Wildman–Crippen MR) is 124 cm³/mol. The molecule has 0 aliphatic heterocycles. The Morgan fingerprint density at radius 3 is 2.55 bits per heavy atom. The van der Waals surface area contributed by atoms with Gasteiger partial charge < -0.3 is 15.0 Å². The second-order valence-corrected chi connectivity index (χ2v) is 7.72. The van der Waals surface area contributed by atoms with Crippen LogP contribution in [0.15, 0.2) is 42.6 Å². The zero-order valence-corrected chi connectivity index (χ0v) is 18.5. The lowest BCUT2D eigenvalue weighted by Gasteiger charge is -2.18. The topological polar surface area (TPSA) is 81.0 Å².